The Labute approximate surface area is 121 Å². The lowest BCUT2D eigenvalue weighted by Crippen LogP contribution is -2.44. The molecule has 1 aromatic rings. The Morgan fingerprint density at radius 2 is 1.79 bits per heavy atom. The first-order valence-corrected chi connectivity index (χ1v) is 6.53. The molecule has 0 radical (unpaired) electrons. The molecule has 104 valence electrons. The van der Waals surface area contributed by atoms with Crippen LogP contribution in [0.4, 0.5) is 0 Å². The number of carboxylic acids is 1. The van der Waals surface area contributed by atoms with Crippen LogP contribution in [0.3, 0.4) is 0 Å². The van der Waals surface area contributed by atoms with Crippen molar-refractivity contribution in [2.24, 2.45) is 5.92 Å². The van der Waals surface area contributed by atoms with Crippen LogP contribution in [0.1, 0.15) is 19.4 Å². The summed E-state index contributed by atoms with van der Waals surface area (Å²) in [4.78, 5) is 22.8. The van der Waals surface area contributed by atoms with Crippen LogP contribution in [0.25, 0.3) is 0 Å². The van der Waals surface area contributed by atoms with Crippen molar-refractivity contribution in [3.8, 4) is 0 Å². The van der Waals surface area contributed by atoms with Gasteiger partial charge in [0.1, 0.15) is 6.04 Å². The number of aliphatic carboxylic acids is 1. The van der Waals surface area contributed by atoms with Gasteiger partial charge in [0.15, 0.2) is 0 Å². The van der Waals surface area contributed by atoms with E-state index in [4.69, 9.17) is 28.3 Å². The van der Waals surface area contributed by atoms with Gasteiger partial charge in [0.25, 0.3) is 0 Å². The van der Waals surface area contributed by atoms with Crippen molar-refractivity contribution in [2.75, 3.05) is 0 Å². The zero-order valence-corrected chi connectivity index (χ0v) is 12.1. The second kappa shape index (κ2) is 6.78. The molecular formula is C13H15Cl2NO3. The van der Waals surface area contributed by atoms with Crippen LogP contribution >= 0.6 is 23.2 Å². The molecule has 0 saturated heterocycles. The minimum atomic E-state index is -1.06. The summed E-state index contributed by atoms with van der Waals surface area (Å²) in [5, 5.41) is 12.2. The molecule has 1 amide bonds. The van der Waals surface area contributed by atoms with Gasteiger partial charge in [-0.15, -0.1) is 0 Å². The first kappa shape index (κ1) is 15.8. The van der Waals surface area contributed by atoms with Gasteiger partial charge in [-0.05, 0) is 23.6 Å². The van der Waals surface area contributed by atoms with Crippen molar-refractivity contribution >= 4 is 35.1 Å². The predicted molar refractivity (Wildman–Crippen MR) is 74.6 cm³/mol. The summed E-state index contributed by atoms with van der Waals surface area (Å²) in [6.45, 7) is 3.45. The summed E-state index contributed by atoms with van der Waals surface area (Å²) in [7, 11) is 0. The molecule has 1 atom stereocenters. The maximum atomic E-state index is 11.8. The Bertz CT molecular complexity index is 469. The van der Waals surface area contributed by atoms with Gasteiger partial charge >= 0.3 is 5.97 Å². The number of nitrogens with one attached hydrogen (secondary N) is 1. The maximum absolute atomic E-state index is 11.8. The fourth-order valence-electron chi connectivity index (χ4n) is 1.60. The summed E-state index contributed by atoms with van der Waals surface area (Å²) in [6.07, 6.45) is -0.0466. The van der Waals surface area contributed by atoms with Crippen LogP contribution in [-0.2, 0) is 16.0 Å². The van der Waals surface area contributed by atoms with E-state index in [1.54, 1.807) is 32.0 Å². The van der Waals surface area contributed by atoms with E-state index in [1.807, 2.05) is 0 Å². The van der Waals surface area contributed by atoms with E-state index in [1.165, 1.54) is 0 Å². The Hall–Kier alpha value is -1.26. The number of carbonyl (C=O) groups is 2. The van der Waals surface area contributed by atoms with Crippen LogP contribution < -0.4 is 5.32 Å². The third-order valence-electron chi connectivity index (χ3n) is 2.65. The van der Waals surface area contributed by atoms with E-state index in [0.717, 1.165) is 0 Å². The normalized spacial score (nSPS) is 12.3. The molecule has 19 heavy (non-hydrogen) atoms. The van der Waals surface area contributed by atoms with Gasteiger partial charge in [-0.2, -0.15) is 0 Å². The fraction of sp³-hybridized carbons (Fsp3) is 0.385. The van der Waals surface area contributed by atoms with Crippen molar-refractivity contribution in [3.63, 3.8) is 0 Å². The van der Waals surface area contributed by atoms with E-state index in [2.05, 4.69) is 5.32 Å². The largest absolute Gasteiger partial charge is 0.480 e. The average molecular weight is 304 g/mol. The van der Waals surface area contributed by atoms with Crippen LogP contribution in [0, 0.1) is 5.92 Å². The molecule has 0 heterocycles. The Morgan fingerprint density at radius 3 is 2.21 bits per heavy atom. The Kier molecular flexibility index (Phi) is 5.63. The Morgan fingerprint density at radius 1 is 1.26 bits per heavy atom. The first-order chi connectivity index (χ1) is 8.82. The van der Waals surface area contributed by atoms with Crippen LogP contribution in [-0.4, -0.2) is 23.0 Å². The monoisotopic (exact) mass is 303 g/mol. The number of amides is 1. The minimum absolute atomic E-state index is 0.0466. The highest BCUT2D eigenvalue weighted by molar-refractivity contribution is 6.36. The molecule has 0 bridgehead atoms. The number of halogens is 2. The molecule has 0 aliphatic heterocycles. The standard InChI is InChI=1S/C13H15Cl2NO3/c1-7(2)12(13(18)19)16-11(17)6-8-9(14)4-3-5-10(8)15/h3-5,7,12H,6H2,1-2H3,(H,16,17)(H,18,19). The topological polar surface area (TPSA) is 66.4 Å². The quantitative estimate of drug-likeness (QED) is 0.879. The van der Waals surface area contributed by atoms with E-state index in [0.29, 0.717) is 15.6 Å². The van der Waals surface area contributed by atoms with Crippen molar-refractivity contribution in [1.29, 1.82) is 0 Å². The van der Waals surface area contributed by atoms with Crippen LogP contribution in [0.15, 0.2) is 18.2 Å². The third kappa shape index (κ3) is 4.40. The number of benzene rings is 1. The predicted octanol–water partition coefficient (Wildman–Crippen LogP) is 2.76. The zero-order chi connectivity index (χ0) is 14.6. The maximum Gasteiger partial charge on any atom is 0.326 e. The second-order valence-electron chi connectivity index (χ2n) is 4.50. The summed E-state index contributed by atoms with van der Waals surface area (Å²) in [6, 6.07) is 4.02. The molecule has 0 saturated carbocycles. The summed E-state index contributed by atoms with van der Waals surface area (Å²) >= 11 is 11.9. The molecule has 1 aromatic carbocycles. The lowest BCUT2D eigenvalue weighted by Gasteiger charge is -2.18. The fourth-order valence-corrected chi connectivity index (χ4v) is 2.13. The van der Waals surface area contributed by atoms with E-state index in [9.17, 15) is 9.59 Å². The highest BCUT2D eigenvalue weighted by atomic mass is 35.5. The van der Waals surface area contributed by atoms with Gasteiger partial charge in [0, 0.05) is 10.0 Å². The summed E-state index contributed by atoms with van der Waals surface area (Å²) < 4.78 is 0. The molecule has 0 aliphatic rings. The molecule has 0 aromatic heterocycles. The molecule has 0 spiro atoms. The lowest BCUT2D eigenvalue weighted by atomic mass is 10.0. The third-order valence-corrected chi connectivity index (χ3v) is 3.36. The van der Waals surface area contributed by atoms with Gasteiger partial charge in [-0.1, -0.05) is 43.1 Å². The van der Waals surface area contributed by atoms with Crippen LogP contribution in [0.5, 0.6) is 0 Å². The van der Waals surface area contributed by atoms with E-state index < -0.39 is 17.9 Å². The zero-order valence-electron chi connectivity index (χ0n) is 10.6. The molecule has 0 aliphatic carbocycles. The van der Waals surface area contributed by atoms with Crippen molar-refractivity contribution in [3.05, 3.63) is 33.8 Å². The Balaban J connectivity index is 2.78. The number of rotatable bonds is 5. The van der Waals surface area contributed by atoms with Gasteiger partial charge in [-0.3, -0.25) is 4.79 Å². The smallest absolute Gasteiger partial charge is 0.326 e. The van der Waals surface area contributed by atoms with Gasteiger partial charge < -0.3 is 10.4 Å². The van der Waals surface area contributed by atoms with E-state index >= 15 is 0 Å². The van der Waals surface area contributed by atoms with Crippen molar-refractivity contribution < 1.29 is 14.7 Å². The number of carboxylic acid groups (broad SMARTS) is 1. The lowest BCUT2D eigenvalue weighted by molar-refractivity contribution is -0.143. The van der Waals surface area contributed by atoms with Crippen molar-refractivity contribution in [1.82, 2.24) is 5.32 Å². The first-order valence-electron chi connectivity index (χ1n) is 5.78. The van der Waals surface area contributed by atoms with Crippen LogP contribution in [0.2, 0.25) is 10.0 Å². The molecule has 6 heteroatoms. The van der Waals surface area contributed by atoms with Gasteiger partial charge in [0.2, 0.25) is 5.91 Å². The van der Waals surface area contributed by atoms with Gasteiger partial charge in [0.05, 0.1) is 6.42 Å². The molecule has 0 fully saturated rings. The molecular weight excluding hydrogens is 289 g/mol. The second-order valence-corrected chi connectivity index (χ2v) is 5.32. The summed E-state index contributed by atoms with van der Waals surface area (Å²) in [5.41, 5.74) is 0.497. The van der Waals surface area contributed by atoms with E-state index in [-0.39, 0.29) is 12.3 Å². The highest BCUT2D eigenvalue weighted by Gasteiger charge is 2.23. The summed E-state index contributed by atoms with van der Waals surface area (Å²) in [5.74, 6) is -1.69. The molecule has 1 unspecified atom stereocenters. The number of hydrogen-bond acceptors (Lipinski definition) is 2. The highest BCUT2D eigenvalue weighted by Crippen LogP contribution is 2.24. The van der Waals surface area contributed by atoms with Gasteiger partial charge in [-0.25, -0.2) is 4.79 Å². The SMILES string of the molecule is CC(C)C(NC(=O)Cc1c(Cl)cccc1Cl)C(=O)O. The molecule has 2 N–H and O–H groups in total. The number of carbonyl (C=O) groups excluding carboxylic acids is 1. The average Bonchev–Trinajstić information content (AvgIpc) is 2.30. The number of hydrogen-bond donors (Lipinski definition) is 2. The molecule has 4 nitrogen and oxygen atoms in total. The van der Waals surface area contributed by atoms with Crippen molar-refractivity contribution in [2.45, 2.75) is 26.3 Å². The minimum Gasteiger partial charge on any atom is -0.480 e. The molecule has 1 rings (SSSR count).